The summed E-state index contributed by atoms with van der Waals surface area (Å²) in [7, 11) is 0. The van der Waals surface area contributed by atoms with Gasteiger partial charge in [-0.15, -0.1) is 13.2 Å². The number of nitrogens with zero attached hydrogens (tertiary/aromatic N) is 1. The van der Waals surface area contributed by atoms with Gasteiger partial charge in [0.05, 0.1) is 5.56 Å². The summed E-state index contributed by atoms with van der Waals surface area (Å²) in [6.07, 6.45) is -5.04. The number of carbonyl (C=O) groups excluding carboxylic acids is 1. The highest BCUT2D eigenvalue weighted by atomic mass is 19.4. The van der Waals surface area contributed by atoms with Crippen molar-refractivity contribution in [2.24, 2.45) is 0 Å². The van der Waals surface area contributed by atoms with E-state index in [9.17, 15) is 22.4 Å². The number of pyridine rings is 1. The van der Waals surface area contributed by atoms with E-state index in [1.54, 1.807) is 0 Å². The van der Waals surface area contributed by atoms with Gasteiger partial charge in [0, 0.05) is 0 Å². The molecule has 0 aliphatic rings. The molecule has 1 N–H and O–H groups in total. The smallest absolute Gasteiger partial charge is 0.506 e. The van der Waals surface area contributed by atoms with Crippen molar-refractivity contribution in [3.05, 3.63) is 17.3 Å². The Morgan fingerprint density at radius 1 is 1.50 bits per heavy atom. The summed E-state index contributed by atoms with van der Waals surface area (Å²) < 4.78 is 51.2. The lowest BCUT2D eigenvalue weighted by Crippen LogP contribution is -2.19. The average Bonchev–Trinajstić information content (AvgIpc) is 2.18. The van der Waals surface area contributed by atoms with Crippen molar-refractivity contribution in [1.29, 1.82) is 0 Å². The molecule has 1 rings (SSSR count). The maximum absolute atomic E-state index is 12.2. The van der Waals surface area contributed by atoms with Crippen LogP contribution in [0.2, 0.25) is 0 Å². The molecule has 0 aromatic carbocycles. The van der Waals surface area contributed by atoms with Crippen LogP contribution >= 0.6 is 0 Å². The predicted molar refractivity (Wildman–Crippen MR) is 42.8 cm³/mol. The third-order valence-electron chi connectivity index (χ3n) is 1.54. The highest BCUT2D eigenvalue weighted by Crippen LogP contribution is 2.28. The number of aromatic nitrogens is 1. The summed E-state index contributed by atoms with van der Waals surface area (Å²) in [5.74, 6) is -1.80. The van der Waals surface area contributed by atoms with Crippen LogP contribution in [-0.2, 0) is 6.67 Å². The Balaban J connectivity index is 3.20. The molecule has 0 aliphatic carbocycles. The van der Waals surface area contributed by atoms with Gasteiger partial charge in [0.25, 0.3) is 0 Å². The van der Waals surface area contributed by atoms with Crippen LogP contribution in [-0.4, -0.2) is 22.7 Å². The van der Waals surface area contributed by atoms with Crippen molar-refractivity contribution in [2.75, 3.05) is 0 Å². The van der Waals surface area contributed by atoms with Crippen LogP contribution in [0.4, 0.5) is 17.6 Å². The number of aromatic hydroxyl groups is 1. The van der Waals surface area contributed by atoms with Crippen molar-refractivity contribution in [1.82, 2.24) is 4.98 Å². The van der Waals surface area contributed by atoms with Crippen molar-refractivity contribution in [3.8, 4) is 11.6 Å². The van der Waals surface area contributed by atoms with E-state index in [4.69, 9.17) is 5.11 Å². The van der Waals surface area contributed by atoms with Gasteiger partial charge in [-0.1, -0.05) is 0 Å². The molecule has 1 aromatic rings. The van der Waals surface area contributed by atoms with Crippen molar-refractivity contribution in [2.45, 2.75) is 13.0 Å². The second kappa shape index (κ2) is 4.33. The van der Waals surface area contributed by atoms with Crippen molar-refractivity contribution in [3.63, 3.8) is 0 Å². The molecule has 0 saturated heterocycles. The summed E-state index contributed by atoms with van der Waals surface area (Å²) in [5.41, 5.74) is -1.25. The molecule has 0 atom stereocenters. The van der Waals surface area contributed by atoms with E-state index >= 15 is 0 Å². The summed E-state index contributed by atoms with van der Waals surface area (Å²) in [4.78, 5) is 13.4. The molecule has 4 nitrogen and oxygen atoms in total. The molecule has 0 saturated carbocycles. The summed E-state index contributed by atoms with van der Waals surface area (Å²) in [5, 5.41) is 9.05. The van der Waals surface area contributed by atoms with E-state index in [0.29, 0.717) is 6.07 Å². The lowest BCUT2D eigenvalue weighted by atomic mass is 10.2. The molecule has 0 bridgehead atoms. The Kier molecular flexibility index (Phi) is 3.31. The number of hydrogen-bond acceptors (Lipinski definition) is 4. The highest BCUT2D eigenvalue weighted by molar-refractivity contribution is 5.79. The maximum Gasteiger partial charge on any atom is 0.574 e. The van der Waals surface area contributed by atoms with Gasteiger partial charge in [0.1, 0.15) is 18.1 Å². The highest BCUT2D eigenvalue weighted by Gasteiger charge is 2.33. The van der Waals surface area contributed by atoms with E-state index in [0.717, 1.165) is 0 Å². The standard InChI is InChI=1S/C8H5F4NO3/c9-2-5-6(15)1-4(3-14)7(13-5)16-8(10,11)12/h1,3,15H,2H2. The molecule has 0 radical (unpaired) electrons. The van der Waals surface area contributed by atoms with Crippen molar-refractivity contribution < 1.29 is 32.2 Å². The first-order chi connectivity index (χ1) is 7.37. The maximum atomic E-state index is 12.2. The molecule has 88 valence electrons. The number of hydrogen-bond donors (Lipinski definition) is 1. The molecule has 0 unspecified atom stereocenters. The zero-order chi connectivity index (χ0) is 12.3. The van der Waals surface area contributed by atoms with Gasteiger partial charge in [-0.3, -0.25) is 4.79 Å². The Morgan fingerprint density at radius 3 is 2.56 bits per heavy atom. The SMILES string of the molecule is O=Cc1cc(O)c(CF)nc1OC(F)(F)F. The molecule has 0 spiro atoms. The van der Waals surface area contributed by atoms with Crippen LogP contribution in [0.25, 0.3) is 0 Å². The average molecular weight is 239 g/mol. The predicted octanol–water partition coefficient (Wildman–Crippen LogP) is 1.97. The first-order valence-corrected chi connectivity index (χ1v) is 3.87. The first-order valence-electron chi connectivity index (χ1n) is 3.87. The number of alkyl halides is 4. The topological polar surface area (TPSA) is 59.4 Å². The van der Waals surface area contributed by atoms with Crippen LogP contribution < -0.4 is 4.74 Å². The van der Waals surface area contributed by atoms with Crippen LogP contribution in [0.1, 0.15) is 16.1 Å². The monoisotopic (exact) mass is 239 g/mol. The Bertz CT molecular complexity index is 405. The second-order valence-corrected chi connectivity index (χ2v) is 2.65. The summed E-state index contributed by atoms with van der Waals surface area (Å²) in [6, 6.07) is 0.649. The Morgan fingerprint density at radius 2 is 2.12 bits per heavy atom. The Labute approximate surface area is 86.5 Å². The normalized spacial score (nSPS) is 11.2. The number of aldehydes is 1. The first kappa shape index (κ1) is 12.2. The second-order valence-electron chi connectivity index (χ2n) is 2.65. The molecule has 0 fully saturated rings. The van der Waals surface area contributed by atoms with E-state index in [1.807, 2.05) is 0 Å². The minimum absolute atomic E-state index is 0.00973. The van der Waals surface area contributed by atoms with Crippen LogP contribution in [0.5, 0.6) is 11.6 Å². The Hall–Kier alpha value is -1.86. The lowest BCUT2D eigenvalue weighted by Gasteiger charge is -2.11. The minimum Gasteiger partial charge on any atom is -0.506 e. The van der Waals surface area contributed by atoms with Crippen LogP contribution in [0.3, 0.4) is 0 Å². The van der Waals surface area contributed by atoms with Gasteiger partial charge in [0.15, 0.2) is 6.29 Å². The molecule has 1 aromatic heterocycles. The molecule has 0 amide bonds. The number of halogens is 4. The van der Waals surface area contributed by atoms with Gasteiger partial charge in [-0.05, 0) is 6.07 Å². The number of rotatable bonds is 3. The summed E-state index contributed by atoms with van der Waals surface area (Å²) >= 11 is 0. The fourth-order valence-electron chi connectivity index (χ4n) is 0.911. The van der Waals surface area contributed by atoms with E-state index in [2.05, 4.69) is 9.72 Å². The van der Waals surface area contributed by atoms with Gasteiger partial charge in [0.2, 0.25) is 5.88 Å². The zero-order valence-corrected chi connectivity index (χ0v) is 7.58. The van der Waals surface area contributed by atoms with Gasteiger partial charge in [-0.2, -0.15) is 0 Å². The summed E-state index contributed by atoms with van der Waals surface area (Å²) in [6.45, 7) is -1.28. The van der Waals surface area contributed by atoms with Crippen LogP contribution in [0.15, 0.2) is 6.07 Å². The zero-order valence-electron chi connectivity index (χ0n) is 7.58. The van der Waals surface area contributed by atoms with E-state index < -0.39 is 35.9 Å². The molecular formula is C8H5F4NO3. The quantitative estimate of drug-likeness (QED) is 0.647. The number of carbonyl (C=O) groups is 1. The molecule has 1 heterocycles. The number of ether oxygens (including phenoxy) is 1. The molecular weight excluding hydrogens is 234 g/mol. The van der Waals surface area contributed by atoms with Crippen LogP contribution in [0, 0.1) is 0 Å². The van der Waals surface area contributed by atoms with Gasteiger partial charge < -0.3 is 9.84 Å². The lowest BCUT2D eigenvalue weighted by molar-refractivity contribution is -0.276. The molecule has 8 heteroatoms. The largest absolute Gasteiger partial charge is 0.574 e. The van der Waals surface area contributed by atoms with Gasteiger partial charge >= 0.3 is 6.36 Å². The van der Waals surface area contributed by atoms with E-state index in [1.165, 1.54) is 0 Å². The third-order valence-corrected chi connectivity index (χ3v) is 1.54. The molecule has 16 heavy (non-hydrogen) atoms. The van der Waals surface area contributed by atoms with Crippen molar-refractivity contribution >= 4 is 6.29 Å². The third kappa shape index (κ3) is 2.81. The van der Waals surface area contributed by atoms with Gasteiger partial charge in [-0.25, -0.2) is 9.37 Å². The van der Waals surface area contributed by atoms with E-state index in [-0.39, 0.29) is 6.29 Å². The fraction of sp³-hybridized carbons (Fsp3) is 0.250. The molecule has 0 aliphatic heterocycles. The fourth-order valence-corrected chi connectivity index (χ4v) is 0.911. The minimum atomic E-state index is -5.05.